The predicted octanol–water partition coefficient (Wildman–Crippen LogP) is 2.76. The average Bonchev–Trinajstić information content (AvgIpc) is 3.38. The number of H-pyrrole nitrogens is 1. The minimum absolute atomic E-state index is 0.0331. The Hall–Kier alpha value is -2.54. The highest BCUT2D eigenvalue weighted by molar-refractivity contribution is 5.94. The van der Waals surface area contributed by atoms with Crippen molar-refractivity contribution in [3.8, 4) is 11.5 Å². The Morgan fingerprint density at radius 1 is 1.18 bits per heavy atom. The number of hydrogen-bond donors (Lipinski definition) is 2. The molecule has 3 aliphatic rings. The molecule has 0 atom stereocenters. The first-order chi connectivity index (χ1) is 13.8. The molecule has 148 valence electrons. The lowest BCUT2D eigenvalue weighted by molar-refractivity contribution is 0.0606. The van der Waals surface area contributed by atoms with Gasteiger partial charge in [0.1, 0.15) is 0 Å². The molecule has 3 heterocycles. The number of benzene rings is 1. The maximum Gasteiger partial charge on any atom is 0.275 e. The zero-order chi connectivity index (χ0) is 18.9. The molecular weight excluding hydrogens is 356 g/mol. The second kappa shape index (κ2) is 7.47. The molecule has 1 saturated carbocycles. The van der Waals surface area contributed by atoms with Crippen LogP contribution in [0.5, 0.6) is 11.5 Å². The van der Waals surface area contributed by atoms with Crippen molar-refractivity contribution in [1.82, 2.24) is 20.4 Å². The number of amides is 1. The lowest BCUT2D eigenvalue weighted by Gasteiger charge is -2.34. The van der Waals surface area contributed by atoms with Crippen molar-refractivity contribution < 1.29 is 14.3 Å². The fourth-order valence-corrected chi connectivity index (χ4v) is 4.53. The largest absolute Gasteiger partial charge is 0.454 e. The fourth-order valence-electron chi connectivity index (χ4n) is 4.53. The monoisotopic (exact) mass is 382 g/mol. The molecule has 1 fully saturated rings. The van der Waals surface area contributed by atoms with Crippen molar-refractivity contribution in [1.29, 1.82) is 0 Å². The molecule has 0 unspecified atom stereocenters. The topological polar surface area (TPSA) is 79.5 Å². The Kier molecular flexibility index (Phi) is 4.68. The molecule has 1 aliphatic carbocycles. The van der Waals surface area contributed by atoms with Crippen molar-refractivity contribution in [2.45, 2.75) is 57.7 Å². The third kappa shape index (κ3) is 3.24. The lowest BCUT2D eigenvalue weighted by atomic mass is 9.93. The van der Waals surface area contributed by atoms with E-state index in [4.69, 9.17) is 9.47 Å². The van der Waals surface area contributed by atoms with Crippen LogP contribution < -0.4 is 14.8 Å². The van der Waals surface area contributed by atoms with E-state index < -0.39 is 0 Å². The van der Waals surface area contributed by atoms with Crippen LogP contribution in [-0.2, 0) is 19.5 Å². The molecule has 1 aromatic heterocycles. The number of fused-ring (bicyclic) bond motifs is 2. The Morgan fingerprint density at radius 3 is 2.93 bits per heavy atom. The van der Waals surface area contributed by atoms with Gasteiger partial charge in [-0.2, -0.15) is 5.10 Å². The number of carbonyl (C=O) groups is 1. The first-order valence-corrected chi connectivity index (χ1v) is 10.3. The van der Waals surface area contributed by atoms with Gasteiger partial charge < -0.3 is 19.7 Å². The van der Waals surface area contributed by atoms with Crippen molar-refractivity contribution >= 4 is 5.91 Å². The first kappa shape index (κ1) is 17.6. The van der Waals surface area contributed by atoms with E-state index in [2.05, 4.69) is 15.5 Å². The second-order valence-electron chi connectivity index (χ2n) is 7.87. The van der Waals surface area contributed by atoms with Crippen LogP contribution in [0.4, 0.5) is 0 Å². The van der Waals surface area contributed by atoms with Crippen molar-refractivity contribution in [2.24, 2.45) is 0 Å². The SMILES string of the molecule is O=C(c1n[nH]c2c1CNCC2)N(Cc1ccc2c(c1)OCO2)C1CCCCC1. The molecule has 2 N–H and O–H groups in total. The van der Waals surface area contributed by atoms with Crippen molar-refractivity contribution in [3.05, 3.63) is 40.7 Å². The molecule has 0 bridgehead atoms. The van der Waals surface area contributed by atoms with Gasteiger partial charge in [0.05, 0.1) is 0 Å². The van der Waals surface area contributed by atoms with Crippen molar-refractivity contribution in [3.63, 3.8) is 0 Å². The van der Waals surface area contributed by atoms with Gasteiger partial charge in [0.15, 0.2) is 17.2 Å². The maximum absolute atomic E-state index is 13.6. The van der Waals surface area contributed by atoms with Gasteiger partial charge in [-0.3, -0.25) is 9.89 Å². The highest BCUT2D eigenvalue weighted by atomic mass is 16.7. The molecule has 0 radical (unpaired) electrons. The van der Waals surface area contributed by atoms with Gasteiger partial charge in [-0.15, -0.1) is 0 Å². The highest BCUT2D eigenvalue weighted by Crippen LogP contribution is 2.34. The van der Waals surface area contributed by atoms with Crippen LogP contribution in [-0.4, -0.2) is 40.4 Å². The smallest absolute Gasteiger partial charge is 0.275 e. The van der Waals surface area contributed by atoms with E-state index in [0.29, 0.717) is 18.8 Å². The van der Waals surface area contributed by atoms with Crippen LogP contribution in [0.3, 0.4) is 0 Å². The van der Waals surface area contributed by atoms with Gasteiger partial charge in [-0.05, 0) is 30.5 Å². The molecule has 5 rings (SSSR count). The third-order valence-corrected chi connectivity index (χ3v) is 6.08. The molecule has 0 saturated heterocycles. The summed E-state index contributed by atoms with van der Waals surface area (Å²) in [5.41, 5.74) is 3.76. The standard InChI is InChI=1S/C21H26N4O3/c26-21(20-16-11-22-9-8-17(16)23-24-20)25(15-4-2-1-3-5-15)12-14-6-7-18-19(10-14)28-13-27-18/h6-7,10,15,22H,1-5,8-9,11-13H2,(H,23,24). The minimum Gasteiger partial charge on any atom is -0.454 e. The van der Waals surface area contributed by atoms with Gasteiger partial charge in [-0.25, -0.2) is 0 Å². The molecule has 1 amide bonds. The first-order valence-electron chi connectivity index (χ1n) is 10.3. The third-order valence-electron chi connectivity index (χ3n) is 6.08. The summed E-state index contributed by atoms with van der Waals surface area (Å²) in [5, 5.41) is 10.9. The van der Waals surface area contributed by atoms with E-state index in [-0.39, 0.29) is 18.7 Å². The van der Waals surface area contributed by atoms with Gasteiger partial charge in [0.2, 0.25) is 6.79 Å². The van der Waals surface area contributed by atoms with Crippen LogP contribution in [0.15, 0.2) is 18.2 Å². The average molecular weight is 382 g/mol. The summed E-state index contributed by atoms with van der Waals surface area (Å²) < 4.78 is 10.9. The zero-order valence-electron chi connectivity index (χ0n) is 16.0. The number of aromatic nitrogens is 2. The van der Waals surface area contributed by atoms with Gasteiger partial charge in [-0.1, -0.05) is 25.3 Å². The number of nitrogens with one attached hydrogen (secondary N) is 2. The second-order valence-corrected chi connectivity index (χ2v) is 7.87. The van der Waals surface area contributed by atoms with Gasteiger partial charge in [0, 0.05) is 43.4 Å². The normalized spacial score (nSPS) is 18.7. The summed E-state index contributed by atoms with van der Waals surface area (Å²) in [7, 11) is 0. The molecule has 28 heavy (non-hydrogen) atoms. The van der Waals surface area contributed by atoms with E-state index in [9.17, 15) is 4.79 Å². The van der Waals surface area contributed by atoms with Crippen LogP contribution >= 0.6 is 0 Å². The quantitative estimate of drug-likeness (QED) is 0.850. The molecule has 7 heteroatoms. The van der Waals surface area contributed by atoms with Crippen LogP contribution in [0.1, 0.15) is 59.4 Å². The van der Waals surface area contributed by atoms with E-state index in [0.717, 1.165) is 54.1 Å². The van der Waals surface area contributed by atoms with Crippen LogP contribution in [0.25, 0.3) is 0 Å². The number of aromatic amines is 1. The van der Waals surface area contributed by atoms with Crippen molar-refractivity contribution in [2.75, 3.05) is 13.3 Å². The molecule has 7 nitrogen and oxygen atoms in total. The van der Waals surface area contributed by atoms with Crippen LogP contribution in [0.2, 0.25) is 0 Å². The van der Waals surface area contributed by atoms with Gasteiger partial charge in [0.25, 0.3) is 5.91 Å². The van der Waals surface area contributed by atoms with E-state index in [1.807, 2.05) is 23.1 Å². The molecule has 2 aromatic rings. The summed E-state index contributed by atoms with van der Waals surface area (Å²) in [5.74, 6) is 1.56. The summed E-state index contributed by atoms with van der Waals surface area (Å²) in [6.07, 6.45) is 6.61. The number of nitrogens with zero attached hydrogens (tertiary/aromatic N) is 2. The summed E-state index contributed by atoms with van der Waals surface area (Å²) in [6, 6.07) is 6.21. The summed E-state index contributed by atoms with van der Waals surface area (Å²) in [6.45, 7) is 2.45. The zero-order valence-corrected chi connectivity index (χ0v) is 16.0. The number of rotatable bonds is 4. The molecule has 0 spiro atoms. The lowest BCUT2D eigenvalue weighted by Crippen LogP contribution is -2.41. The number of hydrogen-bond acceptors (Lipinski definition) is 5. The summed E-state index contributed by atoms with van der Waals surface area (Å²) in [4.78, 5) is 15.6. The molecule has 1 aromatic carbocycles. The summed E-state index contributed by atoms with van der Waals surface area (Å²) >= 11 is 0. The molecular formula is C21H26N4O3. The Morgan fingerprint density at radius 2 is 2.04 bits per heavy atom. The van der Waals surface area contributed by atoms with E-state index in [1.54, 1.807) is 0 Å². The minimum atomic E-state index is 0.0331. The predicted molar refractivity (Wildman–Crippen MR) is 103 cm³/mol. The maximum atomic E-state index is 13.6. The number of ether oxygens (including phenoxy) is 2. The Bertz CT molecular complexity index is 873. The number of carbonyl (C=O) groups excluding carboxylic acids is 1. The Labute approximate surface area is 164 Å². The highest BCUT2D eigenvalue weighted by Gasteiger charge is 2.31. The van der Waals surface area contributed by atoms with E-state index >= 15 is 0 Å². The Balaban J connectivity index is 1.44. The van der Waals surface area contributed by atoms with Gasteiger partial charge >= 0.3 is 0 Å². The molecule has 2 aliphatic heterocycles. The fraction of sp³-hybridized carbons (Fsp3) is 0.524. The van der Waals surface area contributed by atoms with Crippen LogP contribution in [0, 0.1) is 0 Å². The van der Waals surface area contributed by atoms with E-state index in [1.165, 1.54) is 19.3 Å².